The molecule has 2 amide bonds. The fourth-order valence-electron chi connectivity index (χ4n) is 2.30. The van der Waals surface area contributed by atoms with Crippen LogP contribution in [0.2, 0.25) is 5.02 Å². The predicted molar refractivity (Wildman–Crippen MR) is 112 cm³/mol. The molecule has 0 atom stereocenters. The van der Waals surface area contributed by atoms with Gasteiger partial charge in [-0.1, -0.05) is 17.7 Å². The molecule has 2 aromatic rings. The van der Waals surface area contributed by atoms with Crippen molar-refractivity contribution in [2.24, 2.45) is 0 Å². The zero-order valence-corrected chi connectivity index (χ0v) is 17.2. The molecule has 1 saturated heterocycles. The first kappa shape index (κ1) is 19.7. The Morgan fingerprint density at radius 3 is 2.56 bits per heavy atom. The second-order valence-corrected chi connectivity index (χ2v) is 7.96. The Hall–Kier alpha value is -2.04. The average Bonchev–Trinajstić information content (AvgIpc) is 2.88. The number of carbonyl (C=O) groups excluding carboxylic acids is 2. The largest absolute Gasteiger partial charge is 0.481 e. The molecule has 138 valence electrons. The second kappa shape index (κ2) is 8.32. The Bertz CT molecular complexity index is 961. The van der Waals surface area contributed by atoms with E-state index in [1.165, 1.54) is 0 Å². The summed E-state index contributed by atoms with van der Waals surface area (Å²) in [6, 6.07) is 11.5. The van der Waals surface area contributed by atoms with Gasteiger partial charge in [-0.2, -0.15) is 0 Å². The standard InChI is InChI=1S/C18H11ClINO5S/c19-11-2-4-12(5-3-11)21-17(24)15(27-18(21)25)8-10-1-6-14(13(20)7-10)26-9-16(22)23/h1-8H,9H2,(H,22,23)/b15-8+. The van der Waals surface area contributed by atoms with Gasteiger partial charge in [0.25, 0.3) is 11.1 Å². The predicted octanol–water partition coefficient (Wildman–Crippen LogP) is 4.65. The Kier molecular flexibility index (Phi) is 6.08. The van der Waals surface area contributed by atoms with Crippen LogP contribution in [0.1, 0.15) is 5.56 Å². The molecular formula is C18H11ClINO5S. The van der Waals surface area contributed by atoms with E-state index in [2.05, 4.69) is 0 Å². The fraction of sp³-hybridized carbons (Fsp3) is 0.0556. The molecule has 0 aliphatic carbocycles. The molecule has 1 fully saturated rings. The van der Waals surface area contributed by atoms with Crippen LogP contribution in [0.5, 0.6) is 5.75 Å². The number of benzene rings is 2. The number of anilines is 1. The van der Waals surface area contributed by atoms with Gasteiger partial charge in [-0.3, -0.25) is 9.59 Å². The number of carboxylic acids is 1. The van der Waals surface area contributed by atoms with E-state index in [1.54, 1.807) is 48.5 Å². The van der Waals surface area contributed by atoms with Crippen molar-refractivity contribution < 1.29 is 24.2 Å². The van der Waals surface area contributed by atoms with Gasteiger partial charge < -0.3 is 9.84 Å². The number of imide groups is 1. The third-order valence-electron chi connectivity index (χ3n) is 3.48. The summed E-state index contributed by atoms with van der Waals surface area (Å²) in [7, 11) is 0. The van der Waals surface area contributed by atoms with E-state index in [0.29, 0.717) is 30.5 Å². The van der Waals surface area contributed by atoms with Crippen LogP contribution in [0.15, 0.2) is 47.4 Å². The smallest absolute Gasteiger partial charge is 0.341 e. The number of carboxylic acid groups (broad SMARTS) is 1. The molecule has 0 unspecified atom stereocenters. The maximum Gasteiger partial charge on any atom is 0.341 e. The van der Waals surface area contributed by atoms with Crippen LogP contribution in [0.3, 0.4) is 0 Å². The van der Waals surface area contributed by atoms with Gasteiger partial charge in [-0.05, 0) is 82.4 Å². The topological polar surface area (TPSA) is 83.9 Å². The first-order valence-electron chi connectivity index (χ1n) is 7.53. The maximum atomic E-state index is 12.6. The van der Waals surface area contributed by atoms with Gasteiger partial charge >= 0.3 is 5.97 Å². The first-order valence-corrected chi connectivity index (χ1v) is 9.80. The van der Waals surface area contributed by atoms with Crippen molar-refractivity contribution >= 4 is 74.8 Å². The number of rotatable bonds is 5. The molecule has 27 heavy (non-hydrogen) atoms. The molecule has 0 saturated carbocycles. The summed E-state index contributed by atoms with van der Waals surface area (Å²) in [5, 5.41) is 8.81. The van der Waals surface area contributed by atoms with E-state index in [4.69, 9.17) is 21.4 Å². The zero-order chi connectivity index (χ0) is 19.6. The molecule has 9 heteroatoms. The highest BCUT2D eigenvalue weighted by molar-refractivity contribution is 14.1. The molecule has 0 bridgehead atoms. The molecule has 1 aliphatic rings. The highest BCUT2D eigenvalue weighted by Gasteiger charge is 2.36. The Labute approximate surface area is 177 Å². The SMILES string of the molecule is O=C(O)COc1ccc(/C=C2/SC(=O)N(c3ccc(Cl)cc3)C2=O)cc1I. The van der Waals surface area contributed by atoms with Gasteiger partial charge in [0.2, 0.25) is 0 Å². The lowest BCUT2D eigenvalue weighted by Gasteiger charge is -2.12. The summed E-state index contributed by atoms with van der Waals surface area (Å²) in [6.07, 6.45) is 1.62. The summed E-state index contributed by atoms with van der Waals surface area (Å²) < 4.78 is 5.87. The summed E-state index contributed by atoms with van der Waals surface area (Å²) in [4.78, 5) is 36.9. The van der Waals surface area contributed by atoms with Gasteiger partial charge in [-0.25, -0.2) is 9.69 Å². The van der Waals surface area contributed by atoms with E-state index in [0.717, 1.165) is 16.7 Å². The Morgan fingerprint density at radius 2 is 1.93 bits per heavy atom. The molecule has 3 rings (SSSR count). The van der Waals surface area contributed by atoms with Crippen molar-refractivity contribution in [1.82, 2.24) is 0 Å². The lowest BCUT2D eigenvalue weighted by Crippen LogP contribution is -2.27. The number of hydrogen-bond acceptors (Lipinski definition) is 5. The number of carbonyl (C=O) groups is 3. The lowest BCUT2D eigenvalue weighted by atomic mass is 10.2. The second-order valence-electron chi connectivity index (χ2n) is 5.37. The van der Waals surface area contributed by atoms with Gasteiger partial charge in [0.05, 0.1) is 14.2 Å². The molecule has 1 heterocycles. The van der Waals surface area contributed by atoms with Crippen molar-refractivity contribution in [1.29, 1.82) is 0 Å². The van der Waals surface area contributed by atoms with Crippen LogP contribution < -0.4 is 9.64 Å². The highest BCUT2D eigenvalue weighted by atomic mass is 127. The van der Waals surface area contributed by atoms with Gasteiger partial charge in [0, 0.05) is 5.02 Å². The fourth-order valence-corrected chi connectivity index (χ4v) is 3.96. The molecule has 0 spiro atoms. The van der Waals surface area contributed by atoms with Crippen molar-refractivity contribution in [2.75, 3.05) is 11.5 Å². The summed E-state index contributed by atoms with van der Waals surface area (Å²) in [5.41, 5.74) is 1.15. The number of hydrogen-bond donors (Lipinski definition) is 1. The van der Waals surface area contributed by atoms with E-state index in [-0.39, 0.29) is 5.24 Å². The first-order chi connectivity index (χ1) is 12.8. The van der Waals surface area contributed by atoms with E-state index < -0.39 is 18.5 Å². The Balaban J connectivity index is 1.82. The molecule has 2 aromatic carbocycles. The zero-order valence-electron chi connectivity index (χ0n) is 13.5. The molecule has 6 nitrogen and oxygen atoms in total. The molecule has 1 N–H and O–H groups in total. The van der Waals surface area contributed by atoms with Crippen LogP contribution in [0.4, 0.5) is 10.5 Å². The van der Waals surface area contributed by atoms with Crippen molar-refractivity contribution in [3.8, 4) is 5.75 Å². The average molecular weight is 516 g/mol. The minimum atomic E-state index is -1.06. The van der Waals surface area contributed by atoms with Crippen molar-refractivity contribution in [2.45, 2.75) is 0 Å². The molecular weight excluding hydrogens is 505 g/mol. The van der Waals surface area contributed by atoms with Crippen LogP contribution in [-0.4, -0.2) is 28.8 Å². The van der Waals surface area contributed by atoms with Crippen molar-refractivity contribution in [3.05, 3.63) is 61.5 Å². The van der Waals surface area contributed by atoms with E-state index in [9.17, 15) is 14.4 Å². The van der Waals surface area contributed by atoms with Crippen LogP contribution in [0, 0.1) is 3.57 Å². The summed E-state index contributed by atoms with van der Waals surface area (Å²) in [5.74, 6) is -1.04. The number of ether oxygens (including phenoxy) is 1. The molecule has 0 radical (unpaired) electrons. The van der Waals surface area contributed by atoms with Gasteiger partial charge in [0.15, 0.2) is 6.61 Å². The monoisotopic (exact) mass is 515 g/mol. The number of halogens is 2. The van der Waals surface area contributed by atoms with Crippen LogP contribution in [0.25, 0.3) is 6.08 Å². The number of amides is 2. The number of thioether (sulfide) groups is 1. The minimum absolute atomic E-state index is 0.296. The third kappa shape index (κ3) is 4.63. The van der Waals surface area contributed by atoms with Gasteiger partial charge in [0.1, 0.15) is 5.75 Å². The number of aliphatic carboxylic acids is 1. The van der Waals surface area contributed by atoms with Crippen molar-refractivity contribution in [3.63, 3.8) is 0 Å². The lowest BCUT2D eigenvalue weighted by molar-refractivity contribution is -0.139. The van der Waals surface area contributed by atoms with Gasteiger partial charge in [-0.15, -0.1) is 0 Å². The Morgan fingerprint density at radius 1 is 1.22 bits per heavy atom. The molecule has 0 aromatic heterocycles. The summed E-state index contributed by atoms with van der Waals surface area (Å²) in [6.45, 7) is -0.435. The number of nitrogens with zero attached hydrogens (tertiary/aromatic N) is 1. The summed E-state index contributed by atoms with van der Waals surface area (Å²) >= 11 is 8.72. The molecule has 1 aliphatic heterocycles. The minimum Gasteiger partial charge on any atom is -0.481 e. The van der Waals surface area contributed by atoms with Crippen LogP contribution in [-0.2, 0) is 9.59 Å². The third-order valence-corrected chi connectivity index (χ3v) is 5.45. The quantitative estimate of drug-likeness (QED) is 0.461. The highest BCUT2D eigenvalue weighted by Crippen LogP contribution is 2.36. The van der Waals surface area contributed by atoms with E-state index >= 15 is 0 Å². The maximum absolute atomic E-state index is 12.6. The van der Waals surface area contributed by atoms with E-state index in [1.807, 2.05) is 22.6 Å². The van der Waals surface area contributed by atoms with Crippen LogP contribution >= 0.6 is 46.0 Å². The normalized spacial score (nSPS) is 15.5.